The first-order chi connectivity index (χ1) is 16.1. The largest absolute Gasteiger partial charge is 0.388 e. The molecule has 1 saturated heterocycles. The minimum Gasteiger partial charge on any atom is -0.388 e. The molecule has 1 spiro atoms. The lowest BCUT2D eigenvalue weighted by atomic mass is 9.67. The minimum atomic E-state index is -0.845. The standard InChI is InChI=1S/C25H37N5O4/c1-28(2)25(19-7-4-3-5-8-19)13-11-23(12-14-25)17-29(16-21(32)27-15-20(26)31)22(33)30(23)18-24(34)9-6-10-24/h3-5,7-8,34H,6,9-18H2,1-2H3,(H2,26,31)(H,27,32)/t23-,25+. The normalized spacial score (nSPS) is 28.3. The van der Waals surface area contributed by atoms with Crippen molar-refractivity contribution in [2.45, 2.75) is 61.6 Å². The van der Waals surface area contributed by atoms with Gasteiger partial charge in [0.05, 0.1) is 24.2 Å². The monoisotopic (exact) mass is 471 g/mol. The van der Waals surface area contributed by atoms with Crippen molar-refractivity contribution in [2.75, 3.05) is 40.3 Å². The lowest BCUT2D eigenvalue weighted by molar-refractivity contribution is -0.125. The number of hydrogen-bond acceptors (Lipinski definition) is 5. The van der Waals surface area contributed by atoms with Gasteiger partial charge in [-0.15, -0.1) is 0 Å². The van der Waals surface area contributed by atoms with Gasteiger partial charge in [-0.1, -0.05) is 30.3 Å². The van der Waals surface area contributed by atoms with Gasteiger partial charge in [0, 0.05) is 12.1 Å². The number of urea groups is 1. The molecule has 186 valence electrons. The Balaban J connectivity index is 1.56. The molecule has 2 saturated carbocycles. The molecule has 0 aromatic heterocycles. The van der Waals surface area contributed by atoms with Gasteiger partial charge >= 0.3 is 6.03 Å². The summed E-state index contributed by atoms with van der Waals surface area (Å²) in [5, 5.41) is 13.4. The molecule has 4 amide bonds. The summed E-state index contributed by atoms with van der Waals surface area (Å²) >= 11 is 0. The first-order valence-electron chi connectivity index (χ1n) is 12.2. The Kier molecular flexibility index (Phi) is 6.61. The molecule has 1 aromatic rings. The predicted octanol–water partition coefficient (Wildman–Crippen LogP) is 1.01. The Morgan fingerprint density at radius 3 is 2.26 bits per heavy atom. The highest BCUT2D eigenvalue weighted by Gasteiger charge is 2.56. The average molecular weight is 472 g/mol. The summed E-state index contributed by atoms with van der Waals surface area (Å²) < 4.78 is 0. The predicted molar refractivity (Wildman–Crippen MR) is 128 cm³/mol. The average Bonchev–Trinajstić information content (AvgIpc) is 3.03. The van der Waals surface area contributed by atoms with E-state index in [1.165, 1.54) is 5.56 Å². The van der Waals surface area contributed by atoms with Crippen molar-refractivity contribution in [3.8, 4) is 0 Å². The Hall–Kier alpha value is -2.65. The Morgan fingerprint density at radius 1 is 1.09 bits per heavy atom. The molecule has 0 atom stereocenters. The molecular formula is C25H37N5O4. The van der Waals surface area contributed by atoms with E-state index in [1.807, 2.05) is 11.0 Å². The molecule has 0 bridgehead atoms. The van der Waals surface area contributed by atoms with Crippen LogP contribution >= 0.6 is 0 Å². The highest BCUT2D eigenvalue weighted by Crippen LogP contribution is 2.49. The molecule has 0 unspecified atom stereocenters. The molecule has 3 fully saturated rings. The SMILES string of the molecule is CN(C)[C@]1(c2ccccc2)CC[C@]2(CC1)CN(CC(=O)NCC(N)=O)C(=O)N2CC1(O)CCC1. The summed E-state index contributed by atoms with van der Waals surface area (Å²) in [5.41, 5.74) is 5.00. The van der Waals surface area contributed by atoms with Crippen molar-refractivity contribution >= 4 is 17.8 Å². The van der Waals surface area contributed by atoms with Gasteiger partial charge in [0.25, 0.3) is 0 Å². The van der Waals surface area contributed by atoms with Crippen LogP contribution < -0.4 is 11.1 Å². The molecule has 2 aliphatic carbocycles. The number of amides is 4. The number of carbonyl (C=O) groups excluding carboxylic acids is 3. The molecule has 34 heavy (non-hydrogen) atoms. The summed E-state index contributed by atoms with van der Waals surface area (Å²) in [7, 11) is 4.21. The molecule has 0 radical (unpaired) electrons. The molecule has 1 aliphatic heterocycles. The molecule has 1 heterocycles. The second-order valence-electron chi connectivity index (χ2n) is 10.6. The second-order valence-corrected chi connectivity index (χ2v) is 10.6. The Bertz CT molecular complexity index is 922. The lowest BCUT2D eigenvalue weighted by Gasteiger charge is -2.52. The van der Waals surface area contributed by atoms with Gasteiger partial charge in [-0.3, -0.25) is 14.5 Å². The number of β-amino-alcohol motifs (C(OH)–C–C–N with tert-alkyl or cyclic N) is 1. The van der Waals surface area contributed by atoms with Crippen LogP contribution in [0.25, 0.3) is 0 Å². The number of nitrogens with one attached hydrogen (secondary N) is 1. The minimum absolute atomic E-state index is 0.124. The second kappa shape index (κ2) is 9.19. The van der Waals surface area contributed by atoms with Crippen LogP contribution in [0.5, 0.6) is 0 Å². The topological polar surface area (TPSA) is 119 Å². The summed E-state index contributed by atoms with van der Waals surface area (Å²) in [5.74, 6) is -1.03. The number of carbonyl (C=O) groups is 3. The van der Waals surface area contributed by atoms with Gasteiger partial charge in [0.1, 0.15) is 6.54 Å². The van der Waals surface area contributed by atoms with Crippen molar-refractivity contribution in [3.05, 3.63) is 35.9 Å². The van der Waals surface area contributed by atoms with Crippen LogP contribution in [0.4, 0.5) is 4.79 Å². The number of rotatable bonds is 8. The Morgan fingerprint density at radius 2 is 1.74 bits per heavy atom. The summed E-state index contributed by atoms with van der Waals surface area (Å²) in [6.45, 7) is 0.355. The number of primary amides is 1. The van der Waals surface area contributed by atoms with Crippen LogP contribution in [0.3, 0.4) is 0 Å². The van der Waals surface area contributed by atoms with Gasteiger partial charge < -0.3 is 26.0 Å². The van der Waals surface area contributed by atoms with Gasteiger partial charge in [-0.05, 0) is 64.6 Å². The highest BCUT2D eigenvalue weighted by atomic mass is 16.3. The zero-order valence-electron chi connectivity index (χ0n) is 20.3. The van der Waals surface area contributed by atoms with E-state index in [-0.39, 0.29) is 24.7 Å². The van der Waals surface area contributed by atoms with Gasteiger partial charge in [0.2, 0.25) is 11.8 Å². The fourth-order valence-corrected chi connectivity index (χ4v) is 5.99. The van der Waals surface area contributed by atoms with Crippen LogP contribution in [-0.4, -0.2) is 89.1 Å². The summed E-state index contributed by atoms with van der Waals surface area (Å²) in [4.78, 5) is 42.6. The molecule has 4 rings (SSSR count). The molecule has 9 heteroatoms. The third kappa shape index (κ3) is 4.51. The van der Waals surface area contributed by atoms with Gasteiger partial charge in [0.15, 0.2) is 0 Å². The zero-order valence-corrected chi connectivity index (χ0v) is 20.3. The van der Waals surface area contributed by atoms with Crippen molar-refractivity contribution < 1.29 is 19.5 Å². The quantitative estimate of drug-likeness (QED) is 0.523. The van der Waals surface area contributed by atoms with E-state index in [0.717, 1.165) is 32.1 Å². The summed E-state index contributed by atoms with van der Waals surface area (Å²) in [6.07, 6.45) is 5.64. The number of hydrogen-bond donors (Lipinski definition) is 3. The number of aliphatic hydroxyl groups is 1. The van der Waals surface area contributed by atoms with E-state index in [1.54, 1.807) is 4.90 Å². The van der Waals surface area contributed by atoms with Gasteiger partial charge in [-0.2, -0.15) is 0 Å². The van der Waals surface area contributed by atoms with E-state index in [0.29, 0.717) is 25.9 Å². The molecule has 3 aliphatic rings. The third-order valence-corrected chi connectivity index (χ3v) is 8.27. The number of benzene rings is 1. The third-order valence-electron chi connectivity index (χ3n) is 8.27. The molecule has 1 aromatic carbocycles. The summed E-state index contributed by atoms with van der Waals surface area (Å²) in [6, 6.07) is 10.3. The van der Waals surface area contributed by atoms with Crippen LogP contribution in [0.15, 0.2) is 30.3 Å². The van der Waals surface area contributed by atoms with E-state index < -0.39 is 23.0 Å². The molecule has 4 N–H and O–H groups in total. The maximum atomic E-state index is 13.5. The first kappa shape index (κ1) is 24.5. The van der Waals surface area contributed by atoms with Crippen LogP contribution in [0.2, 0.25) is 0 Å². The van der Waals surface area contributed by atoms with Crippen molar-refractivity contribution in [2.24, 2.45) is 5.73 Å². The Labute approximate surface area is 201 Å². The maximum Gasteiger partial charge on any atom is 0.321 e. The fourth-order valence-electron chi connectivity index (χ4n) is 5.99. The van der Waals surface area contributed by atoms with Crippen LogP contribution in [0, 0.1) is 0 Å². The fraction of sp³-hybridized carbons (Fsp3) is 0.640. The van der Waals surface area contributed by atoms with E-state index in [2.05, 4.69) is 48.6 Å². The number of nitrogens with two attached hydrogens (primary N) is 1. The van der Waals surface area contributed by atoms with Gasteiger partial charge in [-0.25, -0.2) is 4.79 Å². The maximum absolute atomic E-state index is 13.5. The van der Waals surface area contributed by atoms with E-state index >= 15 is 0 Å². The van der Waals surface area contributed by atoms with E-state index in [9.17, 15) is 19.5 Å². The van der Waals surface area contributed by atoms with Crippen LogP contribution in [0.1, 0.15) is 50.5 Å². The zero-order chi connectivity index (χ0) is 24.6. The van der Waals surface area contributed by atoms with Crippen molar-refractivity contribution in [1.82, 2.24) is 20.0 Å². The smallest absolute Gasteiger partial charge is 0.321 e. The molecular weight excluding hydrogens is 434 g/mol. The van der Waals surface area contributed by atoms with Crippen LogP contribution in [-0.2, 0) is 15.1 Å². The number of nitrogens with zero attached hydrogens (tertiary/aromatic N) is 3. The lowest BCUT2D eigenvalue weighted by Crippen LogP contribution is -2.59. The molecule has 9 nitrogen and oxygen atoms in total. The van der Waals surface area contributed by atoms with Crippen molar-refractivity contribution in [1.29, 1.82) is 0 Å². The first-order valence-corrected chi connectivity index (χ1v) is 12.2. The van der Waals surface area contributed by atoms with Crippen molar-refractivity contribution in [3.63, 3.8) is 0 Å². The highest BCUT2D eigenvalue weighted by molar-refractivity contribution is 5.88. The van der Waals surface area contributed by atoms with E-state index in [4.69, 9.17) is 5.73 Å².